The fourth-order valence-corrected chi connectivity index (χ4v) is 1.84. The molecule has 0 saturated carbocycles. The Hall–Kier alpha value is -1.25. The maximum Gasteiger partial charge on any atom is 0.118 e. The normalized spacial score (nSPS) is 22.4. The molecular formula is C11H15FN2. The van der Waals surface area contributed by atoms with Crippen molar-refractivity contribution in [2.45, 2.75) is 19.0 Å². The van der Waals surface area contributed by atoms with E-state index in [-0.39, 0.29) is 0 Å². The number of nitrogens with zero attached hydrogens (tertiary/aromatic N) is 1. The number of piperidine rings is 1. The van der Waals surface area contributed by atoms with Gasteiger partial charge in [0, 0.05) is 24.5 Å². The largest absolute Gasteiger partial charge is 0.399 e. The zero-order valence-corrected chi connectivity index (χ0v) is 8.12. The first-order valence-corrected chi connectivity index (χ1v) is 5.00. The van der Waals surface area contributed by atoms with Crippen LogP contribution in [0.15, 0.2) is 24.3 Å². The predicted molar refractivity (Wildman–Crippen MR) is 57.2 cm³/mol. The number of hydrogen-bond donors (Lipinski definition) is 1. The first kappa shape index (κ1) is 9.31. The lowest BCUT2D eigenvalue weighted by Gasteiger charge is -2.30. The van der Waals surface area contributed by atoms with E-state index in [2.05, 4.69) is 4.90 Å². The molecule has 1 unspecified atom stereocenters. The van der Waals surface area contributed by atoms with Gasteiger partial charge in [0.15, 0.2) is 0 Å². The molecule has 0 aliphatic carbocycles. The van der Waals surface area contributed by atoms with Crippen molar-refractivity contribution >= 4 is 11.4 Å². The maximum absolute atomic E-state index is 13.1. The summed E-state index contributed by atoms with van der Waals surface area (Å²) in [4.78, 5) is 2.08. The van der Waals surface area contributed by atoms with Gasteiger partial charge in [0.2, 0.25) is 0 Å². The molecule has 0 spiro atoms. The zero-order chi connectivity index (χ0) is 9.97. The minimum Gasteiger partial charge on any atom is -0.399 e. The quantitative estimate of drug-likeness (QED) is 0.694. The van der Waals surface area contributed by atoms with Crippen molar-refractivity contribution in [1.82, 2.24) is 0 Å². The number of anilines is 2. The molecule has 76 valence electrons. The Morgan fingerprint density at radius 2 is 2.00 bits per heavy atom. The Bertz CT molecular complexity index is 297. The van der Waals surface area contributed by atoms with Crippen molar-refractivity contribution in [2.24, 2.45) is 0 Å². The lowest BCUT2D eigenvalue weighted by atomic mass is 10.1. The maximum atomic E-state index is 13.1. The lowest BCUT2D eigenvalue weighted by molar-refractivity contribution is 0.287. The molecule has 0 aromatic heterocycles. The summed E-state index contributed by atoms with van der Waals surface area (Å²) in [6, 6.07) is 7.62. The molecule has 2 rings (SSSR count). The highest BCUT2D eigenvalue weighted by Gasteiger charge is 2.18. The molecule has 1 atom stereocenters. The molecule has 2 nitrogen and oxygen atoms in total. The Morgan fingerprint density at radius 1 is 1.29 bits per heavy atom. The SMILES string of the molecule is Nc1ccc(N2CCCC(F)C2)cc1. The number of benzene rings is 1. The van der Waals surface area contributed by atoms with E-state index >= 15 is 0 Å². The van der Waals surface area contributed by atoms with Crippen LogP contribution in [0.3, 0.4) is 0 Å². The van der Waals surface area contributed by atoms with Crippen LogP contribution in [0, 0.1) is 0 Å². The van der Waals surface area contributed by atoms with Gasteiger partial charge in [-0.25, -0.2) is 4.39 Å². The molecule has 1 aromatic rings. The first-order chi connectivity index (χ1) is 6.75. The Balaban J connectivity index is 2.10. The summed E-state index contributed by atoms with van der Waals surface area (Å²) < 4.78 is 13.1. The highest BCUT2D eigenvalue weighted by Crippen LogP contribution is 2.22. The van der Waals surface area contributed by atoms with Gasteiger partial charge in [-0.1, -0.05) is 0 Å². The van der Waals surface area contributed by atoms with E-state index in [1.807, 2.05) is 24.3 Å². The molecule has 1 aliphatic rings. The number of nitrogen functional groups attached to an aromatic ring is 1. The smallest absolute Gasteiger partial charge is 0.118 e. The third kappa shape index (κ3) is 1.97. The molecule has 1 aromatic carbocycles. The van der Waals surface area contributed by atoms with Crippen LogP contribution < -0.4 is 10.6 Å². The van der Waals surface area contributed by atoms with E-state index in [0.717, 1.165) is 24.3 Å². The molecular weight excluding hydrogens is 179 g/mol. The average molecular weight is 194 g/mol. The molecule has 14 heavy (non-hydrogen) atoms. The number of rotatable bonds is 1. The third-order valence-electron chi connectivity index (χ3n) is 2.62. The Labute approximate surface area is 83.5 Å². The van der Waals surface area contributed by atoms with Gasteiger partial charge in [0.05, 0.1) is 0 Å². The molecule has 3 heteroatoms. The van der Waals surface area contributed by atoms with Gasteiger partial charge in [0.25, 0.3) is 0 Å². The van der Waals surface area contributed by atoms with Crippen LogP contribution in [0.5, 0.6) is 0 Å². The third-order valence-corrected chi connectivity index (χ3v) is 2.62. The van der Waals surface area contributed by atoms with Gasteiger partial charge in [-0.3, -0.25) is 0 Å². The molecule has 0 radical (unpaired) electrons. The minimum absolute atomic E-state index is 0.518. The minimum atomic E-state index is -0.679. The highest BCUT2D eigenvalue weighted by molar-refractivity contribution is 5.53. The van der Waals surface area contributed by atoms with E-state index in [0.29, 0.717) is 13.0 Å². The second-order valence-electron chi connectivity index (χ2n) is 3.78. The summed E-state index contributed by atoms with van der Waals surface area (Å²) in [6.45, 7) is 1.47. The van der Waals surface area contributed by atoms with E-state index in [1.165, 1.54) is 0 Å². The van der Waals surface area contributed by atoms with Crippen LogP contribution in [-0.2, 0) is 0 Å². The molecule has 1 fully saturated rings. The fourth-order valence-electron chi connectivity index (χ4n) is 1.84. The Morgan fingerprint density at radius 3 is 2.64 bits per heavy atom. The summed E-state index contributed by atoms with van der Waals surface area (Å²) in [5.41, 5.74) is 7.41. The number of nitrogens with two attached hydrogens (primary N) is 1. The standard InChI is InChI=1S/C11H15FN2/c12-9-2-1-7-14(8-9)11-5-3-10(13)4-6-11/h3-6,9H,1-2,7-8,13H2. The summed E-state index contributed by atoms with van der Waals surface area (Å²) in [6.07, 6.45) is 0.957. The van der Waals surface area contributed by atoms with Crippen LogP contribution in [0.2, 0.25) is 0 Å². The van der Waals surface area contributed by atoms with Crippen molar-refractivity contribution < 1.29 is 4.39 Å². The van der Waals surface area contributed by atoms with Gasteiger partial charge < -0.3 is 10.6 Å². The number of halogens is 1. The topological polar surface area (TPSA) is 29.3 Å². The number of hydrogen-bond acceptors (Lipinski definition) is 2. The summed E-state index contributed by atoms with van der Waals surface area (Å²) >= 11 is 0. The van der Waals surface area contributed by atoms with Gasteiger partial charge in [-0.05, 0) is 37.1 Å². The molecule has 0 bridgehead atoms. The van der Waals surface area contributed by atoms with Crippen LogP contribution >= 0.6 is 0 Å². The highest BCUT2D eigenvalue weighted by atomic mass is 19.1. The van der Waals surface area contributed by atoms with Gasteiger partial charge in [-0.2, -0.15) is 0 Å². The summed E-state index contributed by atoms with van der Waals surface area (Å²) in [5, 5.41) is 0. The van der Waals surface area contributed by atoms with Gasteiger partial charge in [-0.15, -0.1) is 0 Å². The second-order valence-corrected chi connectivity index (χ2v) is 3.78. The molecule has 1 heterocycles. The van der Waals surface area contributed by atoms with Crippen LogP contribution in [0.25, 0.3) is 0 Å². The summed E-state index contributed by atoms with van der Waals surface area (Å²) in [5.74, 6) is 0. The van der Waals surface area contributed by atoms with Crippen LogP contribution in [0.4, 0.5) is 15.8 Å². The first-order valence-electron chi connectivity index (χ1n) is 5.00. The number of alkyl halides is 1. The molecule has 1 saturated heterocycles. The Kier molecular flexibility index (Phi) is 2.57. The molecule has 1 aliphatic heterocycles. The predicted octanol–water partition coefficient (Wildman–Crippen LogP) is 2.21. The van der Waals surface area contributed by atoms with E-state index < -0.39 is 6.17 Å². The monoisotopic (exact) mass is 194 g/mol. The van der Waals surface area contributed by atoms with E-state index in [9.17, 15) is 4.39 Å². The van der Waals surface area contributed by atoms with Crippen LogP contribution in [-0.4, -0.2) is 19.3 Å². The van der Waals surface area contributed by atoms with Crippen molar-refractivity contribution in [2.75, 3.05) is 23.7 Å². The van der Waals surface area contributed by atoms with Crippen molar-refractivity contribution in [3.8, 4) is 0 Å². The van der Waals surface area contributed by atoms with E-state index in [4.69, 9.17) is 5.73 Å². The van der Waals surface area contributed by atoms with Crippen molar-refractivity contribution in [3.63, 3.8) is 0 Å². The van der Waals surface area contributed by atoms with Crippen LogP contribution in [0.1, 0.15) is 12.8 Å². The second kappa shape index (κ2) is 3.86. The average Bonchev–Trinajstić information content (AvgIpc) is 2.19. The molecule has 2 N–H and O–H groups in total. The zero-order valence-electron chi connectivity index (χ0n) is 8.12. The van der Waals surface area contributed by atoms with E-state index in [1.54, 1.807) is 0 Å². The fraction of sp³-hybridized carbons (Fsp3) is 0.455. The van der Waals surface area contributed by atoms with Crippen molar-refractivity contribution in [3.05, 3.63) is 24.3 Å². The lowest BCUT2D eigenvalue weighted by Crippen LogP contribution is -2.36. The van der Waals surface area contributed by atoms with Crippen molar-refractivity contribution in [1.29, 1.82) is 0 Å². The summed E-state index contributed by atoms with van der Waals surface area (Å²) in [7, 11) is 0. The van der Waals surface area contributed by atoms with Gasteiger partial charge >= 0.3 is 0 Å². The molecule has 0 amide bonds. The van der Waals surface area contributed by atoms with Gasteiger partial charge in [0.1, 0.15) is 6.17 Å².